The van der Waals surface area contributed by atoms with Crippen LogP contribution in [0, 0.1) is 0 Å². The van der Waals surface area contributed by atoms with Crippen molar-refractivity contribution in [2.75, 3.05) is 38.3 Å². The van der Waals surface area contributed by atoms with Gasteiger partial charge in [-0.2, -0.15) is 0 Å². The lowest BCUT2D eigenvalue weighted by atomic mass is 10.1. The molecule has 0 aromatic heterocycles. The monoisotopic (exact) mass is 289 g/mol. The number of rotatable bonds is 4. The number of hydrogen-bond acceptors (Lipinski definition) is 4. The topological polar surface area (TPSA) is 58.8 Å². The predicted octanol–water partition coefficient (Wildman–Crippen LogP) is 0.973. The van der Waals surface area contributed by atoms with Crippen molar-refractivity contribution in [2.45, 2.75) is 24.9 Å². The zero-order valence-electron chi connectivity index (χ0n) is 12.5. The average molecular weight is 289 g/mol. The van der Waals surface area contributed by atoms with E-state index in [1.54, 1.807) is 4.90 Å². The predicted molar refractivity (Wildman–Crippen MR) is 82.1 cm³/mol. The molecule has 1 saturated heterocycles. The average Bonchev–Trinajstić information content (AvgIpc) is 3.27. The van der Waals surface area contributed by atoms with Gasteiger partial charge in [0.25, 0.3) is 0 Å². The van der Waals surface area contributed by atoms with E-state index in [1.165, 1.54) is 5.69 Å². The van der Waals surface area contributed by atoms with Crippen molar-refractivity contribution in [3.05, 3.63) is 29.8 Å². The Balaban J connectivity index is 1.60. The fraction of sp³-hybridized carbons (Fsp3) is 0.562. The second-order valence-electron chi connectivity index (χ2n) is 6.08. The number of morpholine rings is 1. The number of amides is 1. The zero-order chi connectivity index (χ0) is 14.9. The van der Waals surface area contributed by atoms with Crippen LogP contribution in [0.3, 0.4) is 0 Å². The summed E-state index contributed by atoms with van der Waals surface area (Å²) in [4.78, 5) is 16.2. The number of ether oxygens (including phenoxy) is 1. The lowest BCUT2D eigenvalue weighted by Gasteiger charge is -2.29. The summed E-state index contributed by atoms with van der Waals surface area (Å²) >= 11 is 0. The van der Waals surface area contributed by atoms with Crippen LogP contribution in [-0.4, -0.2) is 49.7 Å². The first-order chi connectivity index (χ1) is 10.1. The summed E-state index contributed by atoms with van der Waals surface area (Å²) in [5.74, 6) is 0.0553. The second-order valence-corrected chi connectivity index (χ2v) is 6.08. The standard InChI is InChI=1S/C16H23N3O2/c1-18(15(20)16(17)6-7-16)12-13-2-4-14(5-3-13)19-8-10-21-11-9-19/h2-5H,6-12,17H2,1H3. The van der Waals surface area contributed by atoms with Gasteiger partial charge >= 0.3 is 0 Å². The van der Waals surface area contributed by atoms with E-state index in [9.17, 15) is 4.79 Å². The van der Waals surface area contributed by atoms with Crippen LogP contribution >= 0.6 is 0 Å². The summed E-state index contributed by atoms with van der Waals surface area (Å²) in [5, 5.41) is 0. The Morgan fingerprint density at radius 2 is 1.90 bits per heavy atom. The smallest absolute Gasteiger partial charge is 0.242 e. The van der Waals surface area contributed by atoms with Gasteiger partial charge in [0.2, 0.25) is 5.91 Å². The molecule has 1 aliphatic heterocycles. The number of nitrogens with two attached hydrogens (primary N) is 1. The number of carbonyl (C=O) groups excluding carboxylic acids is 1. The molecule has 2 aliphatic rings. The van der Waals surface area contributed by atoms with E-state index in [-0.39, 0.29) is 5.91 Å². The molecule has 3 rings (SSSR count). The maximum atomic E-state index is 12.1. The van der Waals surface area contributed by atoms with Crippen LogP contribution in [0.1, 0.15) is 18.4 Å². The highest BCUT2D eigenvalue weighted by molar-refractivity contribution is 5.88. The Morgan fingerprint density at radius 3 is 2.48 bits per heavy atom. The highest BCUT2D eigenvalue weighted by Gasteiger charge is 2.47. The molecule has 1 aromatic rings. The van der Waals surface area contributed by atoms with E-state index in [0.29, 0.717) is 6.54 Å². The lowest BCUT2D eigenvalue weighted by molar-refractivity contribution is -0.132. The van der Waals surface area contributed by atoms with Crippen LogP contribution in [0.4, 0.5) is 5.69 Å². The van der Waals surface area contributed by atoms with Gasteiger partial charge in [0.05, 0.1) is 18.8 Å². The largest absolute Gasteiger partial charge is 0.378 e. The van der Waals surface area contributed by atoms with Gasteiger partial charge in [0.15, 0.2) is 0 Å². The molecule has 0 unspecified atom stereocenters. The minimum absolute atomic E-state index is 0.0553. The van der Waals surface area contributed by atoms with Crippen LogP contribution in [0.2, 0.25) is 0 Å². The van der Waals surface area contributed by atoms with Crippen molar-refractivity contribution < 1.29 is 9.53 Å². The molecule has 2 N–H and O–H groups in total. The molecular weight excluding hydrogens is 266 g/mol. The highest BCUT2D eigenvalue weighted by atomic mass is 16.5. The Hall–Kier alpha value is -1.59. The van der Waals surface area contributed by atoms with Crippen molar-refractivity contribution >= 4 is 11.6 Å². The maximum absolute atomic E-state index is 12.1. The van der Waals surface area contributed by atoms with E-state index >= 15 is 0 Å². The van der Waals surface area contributed by atoms with Gasteiger partial charge in [-0.05, 0) is 30.5 Å². The molecule has 114 valence electrons. The van der Waals surface area contributed by atoms with Crippen molar-refractivity contribution in [1.82, 2.24) is 4.90 Å². The Bertz CT molecular complexity index is 505. The number of anilines is 1. The van der Waals surface area contributed by atoms with Crippen LogP contribution in [0.5, 0.6) is 0 Å². The summed E-state index contributed by atoms with van der Waals surface area (Å²) in [6, 6.07) is 8.41. The molecule has 0 radical (unpaired) electrons. The van der Waals surface area contributed by atoms with Crippen molar-refractivity contribution in [3.63, 3.8) is 0 Å². The first-order valence-corrected chi connectivity index (χ1v) is 7.55. The van der Waals surface area contributed by atoms with Gasteiger partial charge in [-0.15, -0.1) is 0 Å². The molecule has 0 atom stereocenters. The Labute approximate surface area is 125 Å². The molecule has 5 heteroatoms. The molecular formula is C16H23N3O2. The number of benzene rings is 1. The number of nitrogens with zero attached hydrogens (tertiary/aromatic N) is 2. The molecule has 0 bridgehead atoms. The lowest BCUT2D eigenvalue weighted by Crippen LogP contribution is -2.43. The van der Waals surface area contributed by atoms with Gasteiger partial charge in [0.1, 0.15) is 0 Å². The molecule has 1 aromatic carbocycles. The molecule has 0 spiro atoms. The Morgan fingerprint density at radius 1 is 1.29 bits per heavy atom. The van der Waals surface area contributed by atoms with E-state index in [2.05, 4.69) is 29.2 Å². The van der Waals surface area contributed by atoms with Gasteiger partial charge in [-0.25, -0.2) is 0 Å². The third kappa shape index (κ3) is 3.19. The van der Waals surface area contributed by atoms with Crippen LogP contribution in [0.25, 0.3) is 0 Å². The van der Waals surface area contributed by atoms with Crippen LogP contribution in [0.15, 0.2) is 24.3 Å². The van der Waals surface area contributed by atoms with Crippen molar-refractivity contribution in [3.8, 4) is 0 Å². The normalized spacial score (nSPS) is 20.2. The minimum atomic E-state index is -0.581. The first kappa shape index (κ1) is 14.4. The van der Waals surface area contributed by atoms with E-state index in [1.807, 2.05) is 7.05 Å². The molecule has 1 heterocycles. The maximum Gasteiger partial charge on any atom is 0.242 e. The minimum Gasteiger partial charge on any atom is -0.378 e. The SMILES string of the molecule is CN(Cc1ccc(N2CCOCC2)cc1)C(=O)C1(N)CC1. The van der Waals surface area contributed by atoms with Gasteiger partial charge in [-0.1, -0.05) is 12.1 Å². The van der Waals surface area contributed by atoms with E-state index < -0.39 is 5.54 Å². The molecule has 1 aliphatic carbocycles. The van der Waals surface area contributed by atoms with Gasteiger partial charge < -0.3 is 20.3 Å². The van der Waals surface area contributed by atoms with E-state index in [4.69, 9.17) is 10.5 Å². The summed E-state index contributed by atoms with van der Waals surface area (Å²) < 4.78 is 5.36. The van der Waals surface area contributed by atoms with Gasteiger partial charge in [-0.3, -0.25) is 4.79 Å². The second kappa shape index (κ2) is 5.66. The number of hydrogen-bond donors (Lipinski definition) is 1. The van der Waals surface area contributed by atoms with Gasteiger partial charge in [0, 0.05) is 32.4 Å². The number of likely N-dealkylation sites (N-methyl/N-ethyl adjacent to an activating group) is 1. The fourth-order valence-electron chi connectivity index (χ4n) is 2.71. The molecule has 5 nitrogen and oxygen atoms in total. The summed E-state index contributed by atoms with van der Waals surface area (Å²) in [6.07, 6.45) is 1.62. The molecule has 2 fully saturated rings. The third-order valence-electron chi connectivity index (χ3n) is 4.29. The summed E-state index contributed by atoms with van der Waals surface area (Å²) in [5.41, 5.74) is 7.72. The van der Waals surface area contributed by atoms with Crippen molar-refractivity contribution in [1.29, 1.82) is 0 Å². The molecule has 1 amide bonds. The fourth-order valence-corrected chi connectivity index (χ4v) is 2.71. The van der Waals surface area contributed by atoms with Crippen LogP contribution in [-0.2, 0) is 16.1 Å². The van der Waals surface area contributed by atoms with Crippen molar-refractivity contribution in [2.24, 2.45) is 5.73 Å². The van der Waals surface area contributed by atoms with Crippen LogP contribution < -0.4 is 10.6 Å². The molecule has 21 heavy (non-hydrogen) atoms. The number of carbonyl (C=O) groups is 1. The highest BCUT2D eigenvalue weighted by Crippen LogP contribution is 2.34. The zero-order valence-corrected chi connectivity index (χ0v) is 12.5. The van der Waals surface area contributed by atoms with E-state index in [0.717, 1.165) is 44.7 Å². The quantitative estimate of drug-likeness (QED) is 0.897. The summed E-state index contributed by atoms with van der Waals surface area (Å²) in [7, 11) is 1.82. The Kier molecular flexibility index (Phi) is 3.87. The first-order valence-electron chi connectivity index (χ1n) is 7.55. The summed E-state index contributed by atoms with van der Waals surface area (Å²) in [6.45, 7) is 4.07. The molecule has 1 saturated carbocycles. The third-order valence-corrected chi connectivity index (χ3v) is 4.29.